The summed E-state index contributed by atoms with van der Waals surface area (Å²) in [5.74, 6) is 1.89. The zero-order valence-electron chi connectivity index (χ0n) is 6.34. The van der Waals surface area contributed by atoms with Crippen LogP contribution >= 0.6 is 0 Å². The molecule has 2 nitrogen and oxygen atoms in total. The Kier molecular flexibility index (Phi) is 1.66. The van der Waals surface area contributed by atoms with Crippen molar-refractivity contribution in [3.8, 4) is 0 Å². The lowest BCUT2D eigenvalue weighted by Gasteiger charge is -2.14. The van der Waals surface area contributed by atoms with Crippen LogP contribution in [0.5, 0.6) is 0 Å². The van der Waals surface area contributed by atoms with Gasteiger partial charge in [-0.1, -0.05) is 6.42 Å². The quantitative estimate of drug-likeness (QED) is 0.551. The van der Waals surface area contributed by atoms with Crippen molar-refractivity contribution in [1.29, 1.82) is 0 Å². The second-order valence-electron chi connectivity index (χ2n) is 3.61. The Morgan fingerprint density at radius 1 is 1.40 bits per heavy atom. The summed E-state index contributed by atoms with van der Waals surface area (Å²) in [6.45, 7) is 2.06. The molecule has 3 atom stereocenters. The van der Waals surface area contributed by atoms with Crippen molar-refractivity contribution >= 4 is 0 Å². The highest BCUT2D eigenvalue weighted by molar-refractivity contribution is 4.94. The van der Waals surface area contributed by atoms with Gasteiger partial charge >= 0.3 is 0 Å². The molecular weight excluding hydrogens is 124 g/mol. The topological polar surface area (TPSA) is 38.0 Å². The third-order valence-corrected chi connectivity index (χ3v) is 3.13. The van der Waals surface area contributed by atoms with Gasteiger partial charge in [0.25, 0.3) is 0 Å². The van der Waals surface area contributed by atoms with Gasteiger partial charge < -0.3 is 11.1 Å². The molecule has 0 aromatic rings. The molecule has 10 heavy (non-hydrogen) atoms. The summed E-state index contributed by atoms with van der Waals surface area (Å²) in [6.07, 6.45) is 4.29. The first-order chi connectivity index (χ1) is 4.92. The van der Waals surface area contributed by atoms with E-state index < -0.39 is 0 Å². The van der Waals surface area contributed by atoms with Crippen LogP contribution in [-0.4, -0.2) is 19.1 Å². The largest absolute Gasteiger partial charge is 0.329 e. The normalized spacial score (nSPS) is 45.9. The van der Waals surface area contributed by atoms with Gasteiger partial charge in [0.1, 0.15) is 0 Å². The molecule has 1 saturated carbocycles. The minimum Gasteiger partial charge on any atom is -0.329 e. The van der Waals surface area contributed by atoms with Crippen molar-refractivity contribution in [3.63, 3.8) is 0 Å². The number of fused-ring (bicyclic) bond motifs is 1. The Balaban J connectivity index is 2.01. The lowest BCUT2D eigenvalue weighted by Crippen LogP contribution is -2.34. The molecule has 0 aromatic heterocycles. The maximum absolute atomic E-state index is 5.63. The number of rotatable bonds is 1. The fourth-order valence-corrected chi connectivity index (χ4v) is 2.56. The van der Waals surface area contributed by atoms with E-state index in [0.29, 0.717) is 6.04 Å². The average Bonchev–Trinajstić information content (AvgIpc) is 2.44. The summed E-state index contributed by atoms with van der Waals surface area (Å²) in [5.41, 5.74) is 5.63. The maximum atomic E-state index is 5.63. The van der Waals surface area contributed by atoms with Crippen molar-refractivity contribution in [1.82, 2.24) is 5.32 Å². The SMILES string of the molecule is NC[C@H]1NC[C@@H]2CCC[C@@H]21. The summed E-state index contributed by atoms with van der Waals surface area (Å²) in [7, 11) is 0. The van der Waals surface area contributed by atoms with Gasteiger partial charge in [-0.3, -0.25) is 0 Å². The first-order valence-corrected chi connectivity index (χ1v) is 4.35. The fraction of sp³-hybridized carbons (Fsp3) is 1.00. The van der Waals surface area contributed by atoms with E-state index in [1.54, 1.807) is 0 Å². The molecule has 0 spiro atoms. The van der Waals surface area contributed by atoms with E-state index >= 15 is 0 Å². The third-order valence-electron chi connectivity index (χ3n) is 3.13. The van der Waals surface area contributed by atoms with Crippen LogP contribution in [0.15, 0.2) is 0 Å². The predicted octanol–water partition coefficient (Wildman–Crippen LogP) is 0.333. The number of nitrogens with two attached hydrogens (primary N) is 1. The molecule has 1 aliphatic heterocycles. The molecule has 0 bridgehead atoms. The zero-order valence-corrected chi connectivity index (χ0v) is 6.34. The number of hydrogen-bond acceptors (Lipinski definition) is 2. The van der Waals surface area contributed by atoms with E-state index in [0.717, 1.165) is 18.4 Å². The first-order valence-electron chi connectivity index (χ1n) is 4.35. The Morgan fingerprint density at radius 2 is 2.30 bits per heavy atom. The lowest BCUT2D eigenvalue weighted by molar-refractivity contribution is 0.417. The van der Waals surface area contributed by atoms with E-state index in [-0.39, 0.29) is 0 Å². The molecule has 2 aliphatic rings. The summed E-state index contributed by atoms with van der Waals surface area (Å²) >= 11 is 0. The minimum absolute atomic E-state index is 0.646. The van der Waals surface area contributed by atoms with Crippen molar-refractivity contribution in [2.45, 2.75) is 25.3 Å². The van der Waals surface area contributed by atoms with Gasteiger partial charge in [-0.2, -0.15) is 0 Å². The second-order valence-corrected chi connectivity index (χ2v) is 3.61. The molecule has 2 rings (SSSR count). The first kappa shape index (κ1) is 6.62. The second kappa shape index (κ2) is 2.51. The van der Waals surface area contributed by atoms with Crippen LogP contribution < -0.4 is 11.1 Å². The highest BCUT2D eigenvalue weighted by atomic mass is 15.0. The summed E-state index contributed by atoms with van der Waals surface area (Å²) in [4.78, 5) is 0. The highest BCUT2D eigenvalue weighted by Crippen LogP contribution is 2.37. The molecule has 1 saturated heterocycles. The molecule has 2 fully saturated rings. The van der Waals surface area contributed by atoms with E-state index in [4.69, 9.17) is 5.73 Å². The number of hydrogen-bond donors (Lipinski definition) is 2. The standard InChI is InChI=1S/C8H16N2/c9-4-8-7-3-1-2-6(7)5-10-8/h6-8,10H,1-5,9H2/t6-,7-,8+/m0/s1. The van der Waals surface area contributed by atoms with Gasteiger partial charge in [-0.15, -0.1) is 0 Å². The van der Waals surface area contributed by atoms with Gasteiger partial charge in [0.2, 0.25) is 0 Å². The predicted molar refractivity (Wildman–Crippen MR) is 41.7 cm³/mol. The van der Waals surface area contributed by atoms with Crippen molar-refractivity contribution < 1.29 is 0 Å². The Bertz CT molecular complexity index is 124. The summed E-state index contributed by atoms with van der Waals surface area (Å²) in [6, 6.07) is 0.646. The van der Waals surface area contributed by atoms with Gasteiger partial charge in [0, 0.05) is 12.6 Å². The molecular formula is C8H16N2. The molecule has 0 aromatic carbocycles. The van der Waals surface area contributed by atoms with E-state index in [1.807, 2.05) is 0 Å². The van der Waals surface area contributed by atoms with Crippen molar-refractivity contribution in [2.75, 3.05) is 13.1 Å². The van der Waals surface area contributed by atoms with Crippen LogP contribution in [0.4, 0.5) is 0 Å². The molecule has 3 N–H and O–H groups in total. The minimum atomic E-state index is 0.646. The van der Waals surface area contributed by atoms with Crippen molar-refractivity contribution in [2.24, 2.45) is 17.6 Å². The van der Waals surface area contributed by atoms with Crippen LogP contribution in [0.25, 0.3) is 0 Å². The Morgan fingerprint density at radius 3 is 3.10 bits per heavy atom. The van der Waals surface area contributed by atoms with Crippen LogP contribution in [0.1, 0.15) is 19.3 Å². The van der Waals surface area contributed by atoms with Crippen molar-refractivity contribution in [3.05, 3.63) is 0 Å². The molecule has 0 radical (unpaired) electrons. The molecule has 0 unspecified atom stereocenters. The average molecular weight is 140 g/mol. The molecule has 58 valence electrons. The van der Waals surface area contributed by atoms with Gasteiger partial charge in [0.05, 0.1) is 0 Å². The fourth-order valence-electron chi connectivity index (χ4n) is 2.56. The van der Waals surface area contributed by atoms with E-state index in [2.05, 4.69) is 5.32 Å². The van der Waals surface area contributed by atoms with Crippen LogP contribution in [0, 0.1) is 11.8 Å². The molecule has 2 heteroatoms. The van der Waals surface area contributed by atoms with Gasteiger partial charge in [-0.05, 0) is 31.2 Å². The highest BCUT2D eigenvalue weighted by Gasteiger charge is 2.37. The summed E-state index contributed by atoms with van der Waals surface area (Å²) < 4.78 is 0. The smallest absolute Gasteiger partial charge is 0.0221 e. The van der Waals surface area contributed by atoms with Crippen LogP contribution in [-0.2, 0) is 0 Å². The Hall–Kier alpha value is -0.0800. The molecule has 1 heterocycles. The third kappa shape index (κ3) is 0.867. The maximum Gasteiger partial charge on any atom is 0.0221 e. The van der Waals surface area contributed by atoms with Crippen LogP contribution in [0.2, 0.25) is 0 Å². The molecule has 1 aliphatic carbocycles. The monoisotopic (exact) mass is 140 g/mol. The molecule has 0 amide bonds. The zero-order chi connectivity index (χ0) is 6.97. The van der Waals surface area contributed by atoms with Gasteiger partial charge in [-0.25, -0.2) is 0 Å². The van der Waals surface area contributed by atoms with E-state index in [9.17, 15) is 0 Å². The Labute approximate surface area is 62.2 Å². The summed E-state index contributed by atoms with van der Waals surface area (Å²) in [5, 5.41) is 3.48. The van der Waals surface area contributed by atoms with E-state index in [1.165, 1.54) is 25.8 Å². The van der Waals surface area contributed by atoms with Crippen LogP contribution in [0.3, 0.4) is 0 Å². The van der Waals surface area contributed by atoms with Gasteiger partial charge in [0.15, 0.2) is 0 Å². The lowest BCUT2D eigenvalue weighted by atomic mass is 9.94. The number of nitrogens with one attached hydrogen (secondary N) is 1.